The molecule has 1 N–H and O–H groups in total. The Kier molecular flexibility index (Phi) is 3.22. The monoisotopic (exact) mass is 256 g/mol. The van der Waals surface area contributed by atoms with Gasteiger partial charge in [0.1, 0.15) is 5.82 Å². The van der Waals surface area contributed by atoms with E-state index in [1.807, 2.05) is 6.07 Å². The lowest BCUT2D eigenvalue weighted by Crippen LogP contribution is -2.31. The van der Waals surface area contributed by atoms with Gasteiger partial charge in [-0.2, -0.15) is 0 Å². The molecule has 0 amide bonds. The Morgan fingerprint density at radius 1 is 1.16 bits per heavy atom. The van der Waals surface area contributed by atoms with Crippen LogP contribution in [0.2, 0.25) is 0 Å². The summed E-state index contributed by atoms with van der Waals surface area (Å²) in [5, 5.41) is 2.09. The summed E-state index contributed by atoms with van der Waals surface area (Å²) >= 11 is 0. The maximum atomic E-state index is 13.2. The van der Waals surface area contributed by atoms with Crippen molar-refractivity contribution < 1.29 is 4.39 Å². The van der Waals surface area contributed by atoms with E-state index in [9.17, 15) is 4.39 Å². The fraction of sp³-hybridized carbons (Fsp3) is 0.250. The van der Waals surface area contributed by atoms with Crippen molar-refractivity contribution >= 4 is 5.69 Å². The second-order valence-corrected chi connectivity index (χ2v) is 4.87. The highest BCUT2D eigenvalue weighted by Gasteiger charge is 2.18. The molecule has 98 valence electrons. The number of rotatable bonds is 3. The molecular formula is C16H17FN2. The first kappa shape index (κ1) is 12.2. The summed E-state index contributed by atoms with van der Waals surface area (Å²) in [6.07, 6.45) is 1.05. The van der Waals surface area contributed by atoms with Crippen LogP contribution in [0, 0.1) is 5.82 Å². The summed E-state index contributed by atoms with van der Waals surface area (Å²) in [5.74, 6) is -0.182. The second kappa shape index (κ2) is 5.02. The van der Waals surface area contributed by atoms with E-state index >= 15 is 0 Å². The molecule has 0 saturated heterocycles. The molecule has 0 bridgehead atoms. The Morgan fingerprint density at radius 2 is 2.05 bits per heavy atom. The second-order valence-electron chi connectivity index (χ2n) is 4.87. The summed E-state index contributed by atoms with van der Waals surface area (Å²) in [4.78, 5) is 0. The van der Waals surface area contributed by atoms with Crippen LogP contribution in [0.5, 0.6) is 0 Å². The molecule has 2 aromatic rings. The third-order valence-corrected chi connectivity index (χ3v) is 3.53. The zero-order chi connectivity index (χ0) is 13.2. The van der Waals surface area contributed by atoms with Gasteiger partial charge in [-0.15, -0.1) is 0 Å². The number of aryl methyl sites for hydroxylation is 1. The van der Waals surface area contributed by atoms with Crippen molar-refractivity contribution in [3.8, 4) is 0 Å². The summed E-state index contributed by atoms with van der Waals surface area (Å²) < 4.78 is 13.2. The Hall–Kier alpha value is -1.87. The normalized spacial score (nSPS) is 13.7. The summed E-state index contributed by atoms with van der Waals surface area (Å²) in [6, 6.07) is 13.3. The number of nitrogens with one attached hydrogen (secondary N) is 1. The van der Waals surface area contributed by atoms with E-state index in [1.165, 1.54) is 22.9 Å². The third-order valence-electron chi connectivity index (χ3n) is 3.53. The molecule has 1 aliphatic heterocycles. The topological polar surface area (TPSA) is 15.3 Å². The quantitative estimate of drug-likeness (QED) is 0.905. The molecule has 0 radical (unpaired) electrons. The van der Waals surface area contributed by atoms with Crippen molar-refractivity contribution in [1.82, 2.24) is 5.43 Å². The van der Waals surface area contributed by atoms with Crippen molar-refractivity contribution in [1.29, 1.82) is 0 Å². The van der Waals surface area contributed by atoms with Gasteiger partial charge in [0.2, 0.25) is 0 Å². The minimum Gasteiger partial charge on any atom is -0.303 e. The Labute approximate surface area is 112 Å². The first-order valence-corrected chi connectivity index (χ1v) is 6.63. The lowest BCUT2D eigenvalue weighted by atomic mass is 10.1. The van der Waals surface area contributed by atoms with Crippen molar-refractivity contribution in [2.75, 3.05) is 5.01 Å². The Morgan fingerprint density at radius 3 is 2.84 bits per heavy atom. The molecular weight excluding hydrogens is 239 g/mol. The van der Waals surface area contributed by atoms with Crippen LogP contribution in [0.25, 0.3) is 0 Å². The van der Waals surface area contributed by atoms with E-state index < -0.39 is 0 Å². The highest BCUT2D eigenvalue weighted by Crippen LogP contribution is 2.27. The van der Waals surface area contributed by atoms with Crippen molar-refractivity contribution in [2.24, 2.45) is 0 Å². The molecule has 19 heavy (non-hydrogen) atoms. The Balaban J connectivity index is 1.83. The fourth-order valence-electron chi connectivity index (χ4n) is 2.49. The molecule has 2 nitrogen and oxygen atoms in total. The Bertz CT molecular complexity index is 595. The molecule has 1 aliphatic rings. The fourth-order valence-corrected chi connectivity index (χ4v) is 2.49. The number of halogens is 1. The van der Waals surface area contributed by atoms with Gasteiger partial charge in [-0.3, -0.25) is 0 Å². The van der Waals surface area contributed by atoms with Crippen LogP contribution in [-0.2, 0) is 19.5 Å². The number of hydrazine groups is 1. The van der Waals surface area contributed by atoms with Gasteiger partial charge in [0, 0.05) is 6.54 Å². The average molecular weight is 256 g/mol. The summed E-state index contributed by atoms with van der Waals surface area (Å²) in [5.41, 5.74) is 8.19. The van der Waals surface area contributed by atoms with Crippen molar-refractivity contribution in [3.05, 3.63) is 65.0 Å². The van der Waals surface area contributed by atoms with Crippen LogP contribution >= 0.6 is 0 Å². The highest BCUT2D eigenvalue weighted by atomic mass is 19.1. The molecule has 0 atom stereocenters. The minimum absolute atomic E-state index is 0.182. The van der Waals surface area contributed by atoms with E-state index in [4.69, 9.17) is 0 Å². The summed E-state index contributed by atoms with van der Waals surface area (Å²) in [7, 11) is 0. The largest absolute Gasteiger partial charge is 0.303 e. The van der Waals surface area contributed by atoms with E-state index in [2.05, 4.69) is 35.6 Å². The van der Waals surface area contributed by atoms with E-state index in [-0.39, 0.29) is 5.82 Å². The molecule has 0 saturated carbocycles. The summed E-state index contributed by atoms with van der Waals surface area (Å²) in [6.45, 7) is 3.68. The van der Waals surface area contributed by atoms with Crippen LogP contribution in [0.1, 0.15) is 23.6 Å². The van der Waals surface area contributed by atoms with Crippen LogP contribution in [-0.4, -0.2) is 0 Å². The van der Waals surface area contributed by atoms with Crippen molar-refractivity contribution in [2.45, 2.75) is 26.4 Å². The zero-order valence-electron chi connectivity index (χ0n) is 11.0. The predicted molar refractivity (Wildman–Crippen MR) is 75.2 cm³/mol. The van der Waals surface area contributed by atoms with E-state index in [0.717, 1.165) is 18.5 Å². The van der Waals surface area contributed by atoms with E-state index in [1.54, 1.807) is 12.1 Å². The predicted octanol–water partition coefficient (Wildman–Crippen LogP) is 3.41. The maximum Gasteiger partial charge on any atom is 0.123 e. The molecule has 0 spiro atoms. The SMILES string of the molecule is CCc1ccc2c(c1)CNN2Cc1cccc(F)c1. The van der Waals surface area contributed by atoms with Gasteiger partial charge in [0.05, 0.1) is 12.2 Å². The number of hydrogen-bond donors (Lipinski definition) is 1. The number of hydrogen-bond acceptors (Lipinski definition) is 2. The first-order chi connectivity index (χ1) is 9.26. The molecule has 0 aliphatic carbocycles. The van der Waals surface area contributed by atoms with Gasteiger partial charge in [0.25, 0.3) is 0 Å². The van der Waals surface area contributed by atoms with Gasteiger partial charge >= 0.3 is 0 Å². The third kappa shape index (κ3) is 2.47. The molecule has 3 heteroatoms. The van der Waals surface area contributed by atoms with Crippen LogP contribution in [0.3, 0.4) is 0 Å². The number of benzene rings is 2. The van der Waals surface area contributed by atoms with Crippen molar-refractivity contribution in [3.63, 3.8) is 0 Å². The maximum absolute atomic E-state index is 13.2. The standard InChI is InChI=1S/C16H17FN2/c1-2-12-6-7-16-14(8-12)10-18-19(16)11-13-4-3-5-15(17)9-13/h3-9,18H,2,10-11H2,1H3. The van der Waals surface area contributed by atoms with E-state index in [0.29, 0.717) is 6.54 Å². The van der Waals surface area contributed by atoms with Gasteiger partial charge in [-0.25, -0.2) is 9.82 Å². The highest BCUT2D eigenvalue weighted by molar-refractivity contribution is 5.57. The lowest BCUT2D eigenvalue weighted by molar-refractivity contribution is 0.620. The molecule has 1 heterocycles. The van der Waals surface area contributed by atoms with Crippen LogP contribution in [0.4, 0.5) is 10.1 Å². The minimum atomic E-state index is -0.182. The van der Waals surface area contributed by atoms with Gasteiger partial charge in [0.15, 0.2) is 0 Å². The molecule has 3 rings (SSSR count). The number of fused-ring (bicyclic) bond motifs is 1. The molecule has 0 unspecified atom stereocenters. The van der Waals surface area contributed by atoms with Crippen LogP contribution in [0.15, 0.2) is 42.5 Å². The molecule has 0 aromatic heterocycles. The molecule has 0 fully saturated rings. The zero-order valence-corrected chi connectivity index (χ0v) is 11.0. The number of nitrogens with zero attached hydrogens (tertiary/aromatic N) is 1. The number of anilines is 1. The molecule has 2 aromatic carbocycles. The smallest absolute Gasteiger partial charge is 0.123 e. The van der Waals surface area contributed by atoms with Gasteiger partial charge in [-0.05, 0) is 41.3 Å². The van der Waals surface area contributed by atoms with Crippen LogP contribution < -0.4 is 10.4 Å². The average Bonchev–Trinajstić information content (AvgIpc) is 2.81. The van der Waals surface area contributed by atoms with Gasteiger partial charge < -0.3 is 5.01 Å². The lowest BCUT2D eigenvalue weighted by Gasteiger charge is -2.19. The first-order valence-electron chi connectivity index (χ1n) is 6.63. The van der Waals surface area contributed by atoms with Gasteiger partial charge in [-0.1, -0.05) is 31.2 Å².